The van der Waals surface area contributed by atoms with E-state index in [2.05, 4.69) is 18.9 Å². The Labute approximate surface area is 94.5 Å². The van der Waals surface area contributed by atoms with Crippen molar-refractivity contribution < 1.29 is 9.09 Å². The van der Waals surface area contributed by atoms with Gasteiger partial charge in [0.1, 0.15) is 0 Å². The molecule has 0 saturated carbocycles. The molecule has 0 rings (SSSR count). The lowest BCUT2D eigenvalue weighted by atomic mass is 10.1. The minimum atomic E-state index is -2.60. The van der Waals surface area contributed by atoms with Gasteiger partial charge in [-0.1, -0.05) is 27.7 Å². The minimum absolute atomic E-state index is 0.0523. The molecule has 0 heterocycles. The summed E-state index contributed by atoms with van der Waals surface area (Å²) in [6, 6.07) is 0. The van der Waals surface area contributed by atoms with Crippen molar-refractivity contribution in [3.05, 3.63) is 0 Å². The first-order valence-electron chi connectivity index (χ1n) is 5.91. The molecule has 4 heteroatoms. The molecule has 0 aliphatic carbocycles. The van der Waals surface area contributed by atoms with E-state index in [0.29, 0.717) is 12.5 Å². The molecule has 0 spiro atoms. The first kappa shape index (κ1) is 15.2. The molecule has 15 heavy (non-hydrogen) atoms. The molecule has 0 aromatic heterocycles. The quantitative estimate of drug-likeness (QED) is 0.515. The average molecular weight is 235 g/mol. The Hall–Kier alpha value is 0.150. The fraction of sp³-hybridized carbons (Fsp3) is 1.00. The van der Waals surface area contributed by atoms with Gasteiger partial charge in [0, 0.05) is 12.2 Å². The maximum atomic E-state index is 12.2. The average Bonchev–Trinajstić information content (AvgIpc) is 2.12. The SMILES string of the molecule is CCOP(=O)(NCCCC(C)C)C(C)C. The highest BCUT2D eigenvalue weighted by Crippen LogP contribution is 2.47. The fourth-order valence-corrected chi connectivity index (χ4v) is 2.92. The number of rotatable bonds is 8. The van der Waals surface area contributed by atoms with Crippen LogP contribution in [0, 0.1) is 5.92 Å². The minimum Gasteiger partial charge on any atom is -0.318 e. The standard InChI is InChI=1S/C11H26NO2P/c1-6-14-15(13,11(4)5)12-9-7-8-10(2)3/h10-11H,6-9H2,1-5H3,(H,12,13). The second kappa shape index (κ2) is 7.43. The van der Waals surface area contributed by atoms with Gasteiger partial charge < -0.3 is 4.52 Å². The van der Waals surface area contributed by atoms with Crippen LogP contribution in [-0.4, -0.2) is 18.8 Å². The van der Waals surface area contributed by atoms with Crippen LogP contribution in [0.3, 0.4) is 0 Å². The Morgan fingerprint density at radius 3 is 2.27 bits per heavy atom. The first-order chi connectivity index (χ1) is 6.92. The second-order valence-electron chi connectivity index (χ2n) is 4.55. The Bertz CT molecular complexity index is 205. The van der Waals surface area contributed by atoms with Crippen LogP contribution < -0.4 is 5.09 Å². The van der Waals surface area contributed by atoms with E-state index in [1.165, 1.54) is 0 Å². The van der Waals surface area contributed by atoms with Gasteiger partial charge >= 0.3 is 0 Å². The zero-order chi connectivity index (χ0) is 11.9. The van der Waals surface area contributed by atoms with E-state index in [4.69, 9.17) is 4.52 Å². The van der Waals surface area contributed by atoms with Crippen LogP contribution in [0.1, 0.15) is 47.5 Å². The normalized spacial score (nSPS) is 15.9. The van der Waals surface area contributed by atoms with Gasteiger partial charge in [0.25, 0.3) is 7.52 Å². The fourth-order valence-electron chi connectivity index (χ4n) is 1.31. The van der Waals surface area contributed by atoms with Crippen molar-refractivity contribution in [2.75, 3.05) is 13.2 Å². The van der Waals surface area contributed by atoms with Crippen molar-refractivity contribution in [1.29, 1.82) is 0 Å². The summed E-state index contributed by atoms with van der Waals surface area (Å²) in [6.45, 7) is 11.4. The molecular formula is C11H26NO2P. The van der Waals surface area contributed by atoms with Crippen LogP contribution >= 0.6 is 7.52 Å². The van der Waals surface area contributed by atoms with Gasteiger partial charge in [-0.3, -0.25) is 4.57 Å². The zero-order valence-corrected chi connectivity index (χ0v) is 11.6. The van der Waals surface area contributed by atoms with Crippen LogP contribution in [-0.2, 0) is 9.09 Å². The van der Waals surface area contributed by atoms with Gasteiger partial charge in [-0.05, 0) is 25.7 Å². The summed E-state index contributed by atoms with van der Waals surface area (Å²) in [5.41, 5.74) is 0.0523. The molecule has 0 aliphatic rings. The first-order valence-corrected chi connectivity index (χ1v) is 7.61. The molecule has 0 bridgehead atoms. The molecule has 0 aliphatic heterocycles. The van der Waals surface area contributed by atoms with E-state index >= 15 is 0 Å². The third-order valence-corrected chi connectivity index (χ3v) is 4.96. The van der Waals surface area contributed by atoms with E-state index in [9.17, 15) is 4.57 Å². The Kier molecular flexibility index (Phi) is 7.50. The van der Waals surface area contributed by atoms with Gasteiger partial charge in [-0.25, -0.2) is 5.09 Å². The summed E-state index contributed by atoms with van der Waals surface area (Å²) in [6.07, 6.45) is 2.22. The third kappa shape index (κ3) is 6.34. The lowest BCUT2D eigenvalue weighted by Gasteiger charge is -2.22. The van der Waals surface area contributed by atoms with Crippen LogP contribution in [0.5, 0.6) is 0 Å². The highest BCUT2D eigenvalue weighted by molar-refractivity contribution is 7.57. The largest absolute Gasteiger partial charge is 0.318 e. The summed E-state index contributed by atoms with van der Waals surface area (Å²) in [4.78, 5) is 0. The molecule has 1 unspecified atom stereocenters. The molecule has 0 saturated heterocycles. The van der Waals surface area contributed by atoms with Crippen LogP contribution in [0.2, 0.25) is 0 Å². The lowest BCUT2D eigenvalue weighted by molar-refractivity contribution is 0.318. The number of hydrogen-bond donors (Lipinski definition) is 1. The molecule has 0 amide bonds. The summed E-state index contributed by atoms with van der Waals surface area (Å²) < 4.78 is 17.6. The summed E-state index contributed by atoms with van der Waals surface area (Å²) in [7, 11) is -2.60. The third-order valence-electron chi connectivity index (χ3n) is 2.29. The highest BCUT2D eigenvalue weighted by atomic mass is 31.2. The van der Waals surface area contributed by atoms with E-state index in [1.807, 2.05) is 20.8 Å². The van der Waals surface area contributed by atoms with Gasteiger partial charge in [0.2, 0.25) is 0 Å². The van der Waals surface area contributed by atoms with Crippen molar-refractivity contribution in [2.45, 2.75) is 53.1 Å². The smallest absolute Gasteiger partial charge is 0.272 e. The van der Waals surface area contributed by atoms with Gasteiger partial charge in [-0.2, -0.15) is 0 Å². The lowest BCUT2D eigenvalue weighted by Crippen LogP contribution is -2.20. The van der Waals surface area contributed by atoms with E-state index in [-0.39, 0.29) is 5.66 Å². The van der Waals surface area contributed by atoms with E-state index in [1.54, 1.807) is 0 Å². The predicted octanol–water partition coefficient (Wildman–Crippen LogP) is 3.65. The van der Waals surface area contributed by atoms with Crippen molar-refractivity contribution in [3.8, 4) is 0 Å². The van der Waals surface area contributed by atoms with Crippen molar-refractivity contribution in [3.63, 3.8) is 0 Å². The molecule has 1 atom stereocenters. The Morgan fingerprint density at radius 2 is 1.87 bits per heavy atom. The van der Waals surface area contributed by atoms with Gasteiger partial charge in [-0.15, -0.1) is 0 Å². The van der Waals surface area contributed by atoms with Gasteiger partial charge in [0.05, 0.1) is 6.61 Å². The maximum Gasteiger partial charge on any atom is 0.272 e. The molecule has 0 radical (unpaired) electrons. The van der Waals surface area contributed by atoms with Crippen molar-refractivity contribution in [2.24, 2.45) is 5.92 Å². The van der Waals surface area contributed by atoms with Gasteiger partial charge in [0.15, 0.2) is 0 Å². The Morgan fingerprint density at radius 1 is 1.27 bits per heavy atom. The Balaban J connectivity index is 3.92. The number of hydrogen-bond acceptors (Lipinski definition) is 2. The monoisotopic (exact) mass is 235 g/mol. The van der Waals surface area contributed by atoms with Crippen molar-refractivity contribution in [1.82, 2.24) is 5.09 Å². The topological polar surface area (TPSA) is 38.3 Å². The summed E-state index contributed by atoms with van der Waals surface area (Å²) in [5.74, 6) is 0.706. The molecule has 0 aromatic rings. The number of nitrogens with one attached hydrogen (secondary N) is 1. The molecule has 0 fully saturated rings. The molecular weight excluding hydrogens is 209 g/mol. The summed E-state index contributed by atoms with van der Waals surface area (Å²) >= 11 is 0. The van der Waals surface area contributed by atoms with Crippen molar-refractivity contribution >= 4 is 7.52 Å². The predicted molar refractivity (Wildman–Crippen MR) is 66.4 cm³/mol. The molecule has 92 valence electrons. The van der Waals surface area contributed by atoms with E-state index < -0.39 is 7.52 Å². The molecule has 3 nitrogen and oxygen atoms in total. The maximum absolute atomic E-state index is 12.2. The molecule has 0 aromatic carbocycles. The molecule has 1 N–H and O–H groups in total. The van der Waals surface area contributed by atoms with Crippen LogP contribution in [0.15, 0.2) is 0 Å². The highest BCUT2D eigenvalue weighted by Gasteiger charge is 2.26. The van der Waals surface area contributed by atoms with E-state index in [0.717, 1.165) is 19.4 Å². The van der Waals surface area contributed by atoms with Crippen LogP contribution in [0.25, 0.3) is 0 Å². The zero-order valence-electron chi connectivity index (χ0n) is 10.7. The second-order valence-corrected chi connectivity index (χ2v) is 7.35. The van der Waals surface area contributed by atoms with Crippen LogP contribution in [0.4, 0.5) is 0 Å². The summed E-state index contributed by atoms with van der Waals surface area (Å²) in [5, 5.41) is 3.09.